The summed E-state index contributed by atoms with van der Waals surface area (Å²) in [5.74, 6) is -1.22. The Bertz CT molecular complexity index is 338. The van der Waals surface area contributed by atoms with Gasteiger partial charge in [-0.05, 0) is 5.92 Å². The van der Waals surface area contributed by atoms with Crippen LogP contribution in [0.25, 0.3) is 0 Å². The van der Waals surface area contributed by atoms with Gasteiger partial charge in [0, 0.05) is 32.7 Å². The fourth-order valence-corrected chi connectivity index (χ4v) is 1.63. The summed E-state index contributed by atoms with van der Waals surface area (Å²) in [6.07, 6.45) is 0. The maximum atomic E-state index is 11.7. The first-order chi connectivity index (χ1) is 9.00. The minimum absolute atomic E-state index is 0.163. The topological polar surface area (TPSA) is 90.5 Å². The molecule has 0 aromatic heterocycles. The summed E-state index contributed by atoms with van der Waals surface area (Å²) in [6.45, 7) is 6.77. The lowest BCUT2D eigenvalue weighted by Crippen LogP contribution is -2.52. The molecule has 1 aliphatic heterocycles. The normalized spacial score (nSPS) is 15.2. The quantitative estimate of drug-likeness (QED) is 0.532. The van der Waals surface area contributed by atoms with Gasteiger partial charge in [0.25, 0.3) is 0 Å². The number of hydrogen-bond donors (Lipinski definition) is 3. The van der Waals surface area contributed by atoms with Gasteiger partial charge in [0.05, 0.1) is 6.54 Å². The van der Waals surface area contributed by atoms with E-state index < -0.39 is 11.8 Å². The molecule has 3 N–H and O–H groups in total. The summed E-state index contributed by atoms with van der Waals surface area (Å²) < 4.78 is 0. The van der Waals surface area contributed by atoms with Crippen LogP contribution in [0.3, 0.4) is 0 Å². The van der Waals surface area contributed by atoms with Gasteiger partial charge in [-0.1, -0.05) is 13.8 Å². The molecule has 19 heavy (non-hydrogen) atoms. The third kappa shape index (κ3) is 5.69. The fourth-order valence-electron chi connectivity index (χ4n) is 1.63. The van der Waals surface area contributed by atoms with Gasteiger partial charge in [-0.2, -0.15) is 0 Å². The predicted molar refractivity (Wildman–Crippen MR) is 70.3 cm³/mol. The average molecular weight is 270 g/mol. The molecule has 0 spiro atoms. The molecule has 7 heteroatoms. The Kier molecular flexibility index (Phi) is 6.27. The fraction of sp³-hybridized carbons (Fsp3) is 0.750. The Morgan fingerprint density at radius 2 is 1.79 bits per heavy atom. The third-order valence-corrected chi connectivity index (χ3v) is 2.72. The molecule has 0 unspecified atom stereocenters. The Morgan fingerprint density at radius 3 is 2.37 bits per heavy atom. The van der Waals surface area contributed by atoms with Crippen molar-refractivity contribution in [2.45, 2.75) is 13.8 Å². The number of nitrogens with zero attached hydrogens (tertiary/aromatic N) is 1. The van der Waals surface area contributed by atoms with Crippen LogP contribution in [0.1, 0.15) is 13.8 Å². The van der Waals surface area contributed by atoms with E-state index in [9.17, 15) is 14.4 Å². The maximum Gasteiger partial charge on any atom is 0.311 e. The summed E-state index contributed by atoms with van der Waals surface area (Å²) in [5.41, 5.74) is 0. The SMILES string of the molecule is CC(C)CNC(=O)CNC(=O)C(=O)N1CCNCC1. The first kappa shape index (κ1) is 15.4. The number of rotatable bonds is 4. The molecule has 0 aromatic carbocycles. The first-order valence-corrected chi connectivity index (χ1v) is 6.55. The van der Waals surface area contributed by atoms with Gasteiger partial charge in [-0.15, -0.1) is 0 Å². The van der Waals surface area contributed by atoms with Gasteiger partial charge in [-0.25, -0.2) is 0 Å². The first-order valence-electron chi connectivity index (χ1n) is 6.55. The highest BCUT2D eigenvalue weighted by molar-refractivity contribution is 6.35. The molecular formula is C12H22N4O3. The highest BCUT2D eigenvalue weighted by Crippen LogP contribution is 1.93. The molecule has 0 saturated carbocycles. The van der Waals surface area contributed by atoms with E-state index in [0.29, 0.717) is 38.6 Å². The molecule has 3 amide bonds. The van der Waals surface area contributed by atoms with Crippen molar-refractivity contribution in [2.75, 3.05) is 39.3 Å². The summed E-state index contributed by atoms with van der Waals surface area (Å²) >= 11 is 0. The van der Waals surface area contributed by atoms with Crippen LogP contribution in [0.15, 0.2) is 0 Å². The van der Waals surface area contributed by atoms with Crippen molar-refractivity contribution in [1.29, 1.82) is 0 Å². The van der Waals surface area contributed by atoms with Crippen LogP contribution in [-0.4, -0.2) is 61.9 Å². The molecule has 1 aliphatic rings. The Hall–Kier alpha value is -1.63. The molecule has 0 aliphatic carbocycles. The molecule has 0 atom stereocenters. The van der Waals surface area contributed by atoms with Crippen LogP contribution < -0.4 is 16.0 Å². The Labute approximate surface area is 113 Å². The van der Waals surface area contributed by atoms with Crippen molar-refractivity contribution in [3.8, 4) is 0 Å². The standard InChI is InChI=1S/C12H22N4O3/c1-9(2)7-14-10(17)8-15-11(18)12(19)16-5-3-13-4-6-16/h9,13H,3-8H2,1-2H3,(H,14,17)(H,15,18). The van der Waals surface area contributed by atoms with Gasteiger partial charge >= 0.3 is 11.8 Å². The van der Waals surface area contributed by atoms with E-state index in [1.807, 2.05) is 13.8 Å². The van der Waals surface area contributed by atoms with E-state index in [4.69, 9.17) is 0 Å². The van der Waals surface area contributed by atoms with Crippen LogP contribution in [0, 0.1) is 5.92 Å². The number of nitrogens with one attached hydrogen (secondary N) is 3. The molecule has 0 radical (unpaired) electrons. The molecular weight excluding hydrogens is 248 g/mol. The number of piperazine rings is 1. The van der Waals surface area contributed by atoms with E-state index in [2.05, 4.69) is 16.0 Å². The molecule has 0 bridgehead atoms. The zero-order chi connectivity index (χ0) is 14.3. The third-order valence-electron chi connectivity index (χ3n) is 2.72. The number of carbonyl (C=O) groups excluding carboxylic acids is 3. The average Bonchev–Trinajstić information content (AvgIpc) is 2.42. The van der Waals surface area contributed by atoms with Crippen LogP contribution >= 0.6 is 0 Å². The van der Waals surface area contributed by atoms with E-state index in [-0.39, 0.29) is 12.5 Å². The monoisotopic (exact) mass is 270 g/mol. The smallest absolute Gasteiger partial charge is 0.311 e. The lowest BCUT2D eigenvalue weighted by atomic mass is 10.2. The Balaban J connectivity index is 2.26. The Morgan fingerprint density at radius 1 is 1.16 bits per heavy atom. The van der Waals surface area contributed by atoms with Crippen LogP contribution in [0.4, 0.5) is 0 Å². The molecule has 108 valence electrons. The van der Waals surface area contributed by atoms with Gasteiger partial charge in [0.15, 0.2) is 0 Å². The molecule has 1 saturated heterocycles. The number of amides is 3. The second kappa shape index (κ2) is 7.73. The van der Waals surface area contributed by atoms with E-state index >= 15 is 0 Å². The van der Waals surface area contributed by atoms with Crippen molar-refractivity contribution in [3.05, 3.63) is 0 Å². The highest BCUT2D eigenvalue weighted by atomic mass is 16.2. The van der Waals surface area contributed by atoms with Crippen molar-refractivity contribution in [2.24, 2.45) is 5.92 Å². The maximum absolute atomic E-state index is 11.7. The van der Waals surface area contributed by atoms with Gasteiger partial charge in [0.1, 0.15) is 0 Å². The van der Waals surface area contributed by atoms with Crippen molar-refractivity contribution >= 4 is 17.7 Å². The number of hydrogen-bond acceptors (Lipinski definition) is 4. The molecule has 1 rings (SSSR count). The largest absolute Gasteiger partial charge is 0.354 e. The summed E-state index contributed by atoms with van der Waals surface area (Å²) in [6, 6.07) is 0. The van der Waals surface area contributed by atoms with Gasteiger partial charge in [-0.3, -0.25) is 14.4 Å². The predicted octanol–water partition coefficient (Wildman–Crippen LogP) is -1.69. The van der Waals surface area contributed by atoms with Crippen molar-refractivity contribution < 1.29 is 14.4 Å². The van der Waals surface area contributed by atoms with Gasteiger partial charge in [0.2, 0.25) is 5.91 Å². The zero-order valence-electron chi connectivity index (χ0n) is 11.5. The summed E-state index contributed by atoms with van der Waals surface area (Å²) in [5, 5.41) is 8.10. The minimum Gasteiger partial charge on any atom is -0.354 e. The highest BCUT2D eigenvalue weighted by Gasteiger charge is 2.23. The molecule has 1 heterocycles. The minimum atomic E-state index is -0.721. The number of carbonyl (C=O) groups is 3. The lowest BCUT2D eigenvalue weighted by molar-refractivity contribution is -0.146. The van der Waals surface area contributed by atoms with Gasteiger partial charge < -0.3 is 20.9 Å². The van der Waals surface area contributed by atoms with E-state index in [0.717, 1.165) is 0 Å². The summed E-state index contributed by atoms with van der Waals surface area (Å²) in [7, 11) is 0. The molecule has 7 nitrogen and oxygen atoms in total. The second-order valence-corrected chi connectivity index (χ2v) is 4.92. The van der Waals surface area contributed by atoms with E-state index in [1.54, 1.807) is 0 Å². The molecule has 1 fully saturated rings. The van der Waals surface area contributed by atoms with Crippen LogP contribution in [-0.2, 0) is 14.4 Å². The molecule has 0 aromatic rings. The second-order valence-electron chi connectivity index (χ2n) is 4.92. The van der Waals surface area contributed by atoms with Crippen LogP contribution in [0.2, 0.25) is 0 Å². The van der Waals surface area contributed by atoms with E-state index in [1.165, 1.54) is 4.90 Å². The van der Waals surface area contributed by atoms with Crippen LogP contribution in [0.5, 0.6) is 0 Å². The summed E-state index contributed by atoms with van der Waals surface area (Å²) in [4.78, 5) is 36.2. The van der Waals surface area contributed by atoms with Crippen molar-refractivity contribution in [1.82, 2.24) is 20.9 Å². The van der Waals surface area contributed by atoms with Crippen molar-refractivity contribution in [3.63, 3.8) is 0 Å². The zero-order valence-corrected chi connectivity index (χ0v) is 11.5. The lowest BCUT2D eigenvalue weighted by Gasteiger charge is -2.26.